The number of fused-ring (bicyclic) bond motifs is 1. The van der Waals surface area contributed by atoms with E-state index in [0.717, 1.165) is 29.7 Å². The fourth-order valence-electron chi connectivity index (χ4n) is 2.44. The third kappa shape index (κ3) is 3.14. The van der Waals surface area contributed by atoms with Crippen molar-refractivity contribution in [2.24, 2.45) is 0 Å². The van der Waals surface area contributed by atoms with E-state index in [1.807, 2.05) is 30.5 Å². The van der Waals surface area contributed by atoms with Crippen LogP contribution in [-0.4, -0.2) is 22.6 Å². The molecule has 0 bridgehead atoms. The number of hydrogen-bond donors (Lipinski definition) is 0. The van der Waals surface area contributed by atoms with Crippen molar-refractivity contribution in [2.75, 3.05) is 17.3 Å². The van der Waals surface area contributed by atoms with E-state index in [0.29, 0.717) is 5.88 Å². The van der Waals surface area contributed by atoms with Gasteiger partial charge in [0, 0.05) is 24.4 Å². The summed E-state index contributed by atoms with van der Waals surface area (Å²) >= 11 is 5.99. The van der Waals surface area contributed by atoms with Crippen molar-refractivity contribution in [1.82, 2.24) is 10.2 Å². The predicted octanol–water partition coefficient (Wildman–Crippen LogP) is 3.88. The summed E-state index contributed by atoms with van der Waals surface area (Å²) in [6.45, 7) is 1.58. The maximum absolute atomic E-state index is 5.99. The number of halogens is 1. The monoisotopic (exact) mass is 297 g/mol. The summed E-state index contributed by atoms with van der Waals surface area (Å²) in [6, 6.07) is 18.4. The van der Waals surface area contributed by atoms with Gasteiger partial charge < -0.3 is 4.90 Å². The summed E-state index contributed by atoms with van der Waals surface area (Å²) in [6.07, 6.45) is 1.82. The van der Waals surface area contributed by atoms with Gasteiger partial charge in [-0.25, -0.2) is 0 Å². The van der Waals surface area contributed by atoms with Crippen LogP contribution in [-0.2, 0) is 6.54 Å². The lowest BCUT2D eigenvalue weighted by atomic mass is 10.1. The van der Waals surface area contributed by atoms with Gasteiger partial charge in [-0.1, -0.05) is 48.5 Å². The average Bonchev–Trinajstić information content (AvgIpc) is 2.55. The van der Waals surface area contributed by atoms with Crippen LogP contribution < -0.4 is 4.90 Å². The lowest BCUT2D eigenvalue weighted by Crippen LogP contribution is -2.25. The Kier molecular flexibility index (Phi) is 4.31. The van der Waals surface area contributed by atoms with Gasteiger partial charge in [0.05, 0.1) is 17.4 Å². The highest BCUT2D eigenvalue weighted by Crippen LogP contribution is 2.25. The second-order valence-electron chi connectivity index (χ2n) is 4.84. The van der Waals surface area contributed by atoms with Crippen LogP contribution in [0, 0.1) is 0 Å². The topological polar surface area (TPSA) is 29.0 Å². The van der Waals surface area contributed by atoms with Crippen molar-refractivity contribution >= 4 is 28.2 Å². The molecular weight excluding hydrogens is 282 g/mol. The molecule has 0 aliphatic heterocycles. The van der Waals surface area contributed by atoms with Crippen molar-refractivity contribution in [2.45, 2.75) is 6.54 Å². The zero-order valence-electron chi connectivity index (χ0n) is 11.6. The summed E-state index contributed by atoms with van der Waals surface area (Å²) in [5.41, 5.74) is 3.23. The number of rotatable bonds is 5. The predicted molar refractivity (Wildman–Crippen MR) is 87.8 cm³/mol. The van der Waals surface area contributed by atoms with Crippen LogP contribution in [0.2, 0.25) is 0 Å². The van der Waals surface area contributed by atoms with Crippen LogP contribution in [0.15, 0.2) is 60.8 Å². The van der Waals surface area contributed by atoms with E-state index in [4.69, 9.17) is 11.6 Å². The van der Waals surface area contributed by atoms with Crippen LogP contribution in [0.3, 0.4) is 0 Å². The first-order valence-corrected chi connectivity index (χ1v) is 7.47. The highest BCUT2D eigenvalue weighted by Gasteiger charge is 2.11. The standard InChI is InChI=1S/C17H16ClN3/c18-10-11-21(13-14-6-2-1-3-7-14)17-12-19-20-16-9-5-4-8-15(16)17/h1-9,12H,10-11,13H2. The Morgan fingerprint density at radius 2 is 1.71 bits per heavy atom. The van der Waals surface area contributed by atoms with Crippen LogP contribution >= 0.6 is 11.6 Å². The molecule has 0 spiro atoms. The first-order valence-electron chi connectivity index (χ1n) is 6.94. The molecule has 21 heavy (non-hydrogen) atoms. The van der Waals surface area contributed by atoms with Crippen molar-refractivity contribution in [1.29, 1.82) is 0 Å². The fraction of sp³-hybridized carbons (Fsp3) is 0.176. The van der Waals surface area contributed by atoms with Gasteiger partial charge in [0.1, 0.15) is 0 Å². The van der Waals surface area contributed by atoms with Crippen molar-refractivity contribution in [3.8, 4) is 0 Å². The molecule has 0 fully saturated rings. The minimum Gasteiger partial charge on any atom is -0.364 e. The molecule has 3 nitrogen and oxygen atoms in total. The highest BCUT2D eigenvalue weighted by atomic mass is 35.5. The quantitative estimate of drug-likeness (QED) is 0.669. The smallest absolute Gasteiger partial charge is 0.0950 e. The molecule has 0 unspecified atom stereocenters. The summed E-state index contributed by atoms with van der Waals surface area (Å²) in [7, 11) is 0. The first-order chi connectivity index (χ1) is 10.4. The molecule has 0 atom stereocenters. The summed E-state index contributed by atoms with van der Waals surface area (Å²) in [5, 5.41) is 9.41. The van der Waals surface area contributed by atoms with Gasteiger partial charge >= 0.3 is 0 Å². The number of alkyl halides is 1. The Hall–Kier alpha value is -2.13. The molecule has 0 aliphatic rings. The van der Waals surface area contributed by atoms with E-state index in [9.17, 15) is 0 Å². The number of nitrogens with zero attached hydrogens (tertiary/aromatic N) is 3. The zero-order chi connectivity index (χ0) is 14.5. The van der Waals surface area contributed by atoms with E-state index < -0.39 is 0 Å². The molecule has 106 valence electrons. The molecule has 3 rings (SSSR count). The maximum atomic E-state index is 5.99. The third-order valence-electron chi connectivity index (χ3n) is 3.44. The van der Waals surface area contributed by atoms with Crippen LogP contribution in [0.4, 0.5) is 5.69 Å². The Morgan fingerprint density at radius 3 is 2.52 bits per heavy atom. The minimum absolute atomic E-state index is 0.573. The molecule has 0 saturated carbocycles. The molecule has 0 amide bonds. The summed E-state index contributed by atoms with van der Waals surface area (Å²) in [4.78, 5) is 2.25. The van der Waals surface area contributed by atoms with Gasteiger partial charge in [-0.15, -0.1) is 11.6 Å². The first kappa shape index (κ1) is 13.8. The lowest BCUT2D eigenvalue weighted by molar-refractivity contribution is 0.832. The molecule has 0 saturated heterocycles. The minimum atomic E-state index is 0.573. The van der Waals surface area contributed by atoms with E-state index >= 15 is 0 Å². The highest BCUT2D eigenvalue weighted by molar-refractivity contribution is 6.18. The molecule has 1 heterocycles. The maximum Gasteiger partial charge on any atom is 0.0950 e. The van der Waals surface area contributed by atoms with E-state index in [1.165, 1.54) is 5.56 Å². The fourth-order valence-corrected chi connectivity index (χ4v) is 2.64. The van der Waals surface area contributed by atoms with E-state index in [1.54, 1.807) is 0 Å². The molecule has 4 heteroatoms. The van der Waals surface area contributed by atoms with Crippen LogP contribution in [0.1, 0.15) is 5.56 Å². The zero-order valence-corrected chi connectivity index (χ0v) is 12.4. The van der Waals surface area contributed by atoms with Gasteiger partial charge in [-0.3, -0.25) is 0 Å². The Labute approximate surface area is 129 Å². The molecule has 2 aromatic carbocycles. The number of benzene rings is 2. The van der Waals surface area contributed by atoms with Gasteiger partial charge in [0.15, 0.2) is 0 Å². The normalized spacial score (nSPS) is 10.7. The average molecular weight is 298 g/mol. The largest absolute Gasteiger partial charge is 0.364 e. The molecule has 0 aliphatic carbocycles. The van der Waals surface area contributed by atoms with Crippen LogP contribution in [0.5, 0.6) is 0 Å². The van der Waals surface area contributed by atoms with E-state index in [-0.39, 0.29) is 0 Å². The molecule has 0 radical (unpaired) electrons. The number of hydrogen-bond acceptors (Lipinski definition) is 3. The second kappa shape index (κ2) is 6.55. The van der Waals surface area contributed by atoms with E-state index in [2.05, 4.69) is 45.4 Å². The molecule has 3 aromatic rings. The molecule has 1 aromatic heterocycles. The summed E-state index contributed by atoms with van der Waals surface area (Å²) < 4.78 is 0. The number of anilines is 1. The SMILES string of the molecule is ClCCN(Cc1ccccc1)c1cnnc2ccccc12. The van der Waals surface area contributed by atoms with Gasteiger partial charge in [0.25, 0.3) is 0 Å². The Morgan fingerprint density at radius 1 is 0.952 bits per heavy atom. The molecule has 0 N–H and O–H groups in total. The van der Waals surface area contributed by atoms with Crippen molar-refractivity contribution < 1.29 is 0 Å². The van der Waals surface area contributed by atoms with Gasteiger partial charge in [-0.2, -0.15) is 10.2 Å². The number of aromatic nitrogens is 2. The van der Waals surface area contributed by atoms with Gasteiger partial charge in [0.2, 0.25) is 0 Å². The Bertz CT molecular complexity index is 710. The Balaban J connectivity index is 1.99. The summed E-state index contributed by atoms with van der Waals surface area (Å²) in [5.74, 6) is 0.573. The lowest BCUT2D eigenvalue weighted by Gasteiger charge is -2.24. The van der Waals surface area contributed by atoms with Crippen molar-refractivity contribution in [3.63, 3.8) is 0 Å². The van der Waals surface area contributed by atoms with Crippen molar-refractivity contribution in [3.05, 3.63) is 66.4 Å². The third-order valence-corrected chi connectivity index (χ3v) is 3.61. The second-order valence-corrected chi connectivity index (χ2v) is 5.22. The van der Waals surface area contributed by atoms with Gasteiger partial charge in [-0.05, 0) is 11.6 Å². The van der Waals surface area contributed by atoms with Crippen LogP contribution in [0.25, 0.3) is 10.9 Å². The molecular formula is C17H16ClN3.